The lowest BCUT2D eigenvalue weighted by atomic mass is 9.86. The van der Waals surface area contributed by atoms with Gasteiger partial charge < -0.3 is 15.2 Å². The molecule has 2 N–H and O–H groups in total. The van der Waals surface area contributed by atoms with E-state index in [0.717, 1.165) is 45.7 Å². The van der Waals surface area contributed by atoms with E-state index in [1.807, 2.05) is 0 Å². The van der Waals surface area contributed by atoms with E-state index in [-0.39, 0.29) is 0 Å². The van der Waals surface area contributed by atoms with Gasteiger partial charge in [0, 0.05) is 32.5 Å². The molecule has 0 aromatic heterocycles. The van der Waals surface area contributed by atoms with Crippen LogP contribution in [0.2, 0.25) is 0 Å². The first-order chi connectivity index (χ1) is 6.86. The quantitative estimate of drug-likeness (QED) is 0.742. The fourth-order valence-electron chi connectivity index (χ4n) is 2.49. The van der Waals surface area contributed by atoms with Gasteiger partial charge in [-0.3, -0.25) is 0 Å². The van der Waals surface area contributed by atoms with Crippen molar-refractivity contribution in [3.8, 4) is 0 Å². The van der Waals surface area contributed by atoms with Gasteiger partial charge in [0.15, 0.2) is 0 Å². The lowest BCUT2D eigenvalue weighted by Gasteiger charge is -2.28. The minimum atomic E-state index is 0.366. The first kappa shape index (κ1) is 10.4. The molecule has 0 aliphatic carbocycles. The summed E-state index contributed by atoms with van der Waals surface area (Å²) in [5.41, 5.74) is 6.22. The zero-order valence-corrected chi connectivity index (χ0v) is 8.78. The maximum atomic E-state index is 6.22. The number of hydrogen-bond acceptors (Lipinski definition) is 3. The van der Waals surface area contributed by atoms with Crippen molar-refractivity contribution in [2.45, 2.75) is 31.7 Å². The van der Waals surface area contributed by atoms with E-state index in [1.165, 1.54) is 6.42 Å². The lowest BCUT2D eigenvalue weighted by molar-refractivity contribution is 0.0551. The topological polar surface area (TPSA) is 44.5 Å². The molecule has 0 amide bonds. The second-order valence-corrected chi connectivity index (χ2v) is 4.58. The molecule has 2 fully saturated rings. The van der Waals surface area contributed by atoms with Crippen molar-refractivity contribution in [1.29, 1.82) is 0 Å². The van der Waals surface area contributed by atoms with Gasteiger partial charge in [-0.15, -0.1) is 0 Å². The third-order valence-corrected chi connectivity index (χ3v) is 3.50. The Labute approximate surface area is 85.9 Å². The van der Waals surface area contributed by atoms with Crippen molar-refractivity contribution in [1.82, 2.24) is 0 Å². The number of ether oxygens (including phenoxy) is 2. The molecule has 82 valence electrons. The van der Waals surface area contributed by atoms with E-state index in [1.54, 1.807) is 0 Å². The molecule has 14 heavy (non-hydrogen) atoms. The van der Waals surface area contributed by atoms with Crippen LogP contribution in [0.1, 0.15) is 25.7 Å². The van der Waals surface area contributed by atoms with Gasteiger partial charge in [0.25, 0.3) is 0 Å². The molecule has 0 aromatic carbocycles. The van der Waals surface area contributed by atoms with Crippen molar-refractivity contribution in [2.24, 2.45) is 17.6 Å². The highest BCUT2D eigenvalue weighted by Crippen LogP contribution is 2.25. The average molecular weight is 199 g/mol. The van der Waals surface area contributed by atoms with Crippen molar-refractivity contribution in [2.75, 3.05) is 26.4 Å². The van der Waals surface area contributed by atoms with Gasteiger partial charge in [-0.1, -0.05) is 0 Å². The highest BCUT2D eigenvalue weighted by atomic mass is 16.5. The molecule has 2 aliphatic rings. The van der Waals surface area contributed by atoms with Crippen molar-refractivity contribution in [3.05, 3.63) is 0 Å². The Morgan fingerprint density at radius 2 is 1.79 bits per heavy atom. The molecule has 2 atom stereocenters. The standard InChI is InChI=1S/C11H21NO2/c12-11(7-9-1-4-14-8-9)10-2-5-13-6-3-10/h9-11H,1-8,12H2. The fourth-order valence-corrected chi connectivity index (χ4v) is 2.49. The Kier molecular flexibility index (Phi) is 3.79. The van der Waals surface area contributed by atoms with Crippen molar-refractivity contribution < 1.29 is 9.47 Å². The van der Waals surface area contributed by atoms with Crippen molar-refractivity contribution in [3.63, 3.8) is 0 Å². The number of hydrogen-bond donors (Lipinski definition) is 1. The van der Waals surface area contributed by atoms with Gasteiger partial charge in [0.05, 0.1) is 0 Å². The van der Waals surface area contributed by atoms with Gasteiger partial charge in [-0.25, -0.2) is 0 Å². The maximum absolute atomic E-state index is 6.22. The average Bonchev–Trinajstić information content (AvgIpc) is 2.72. The van der Waals surface area contributed by atoms with Gasteiger partial charge in [-0.05, 0) is 37.5 Å². The fraction of sp³-hybridized carbons (Fsp3) is 1.00. The molecule has 0 spiro atoms. The zero-order chi connectivity index (χ0) is 9.80. The molecule has 2 unspecified atom stereocenters. The molecule has 0 radical (unpaired) electrons. The van der Waals surface area contributed by atoms with Gasteiger partial charge >= 0.3 is 0 Å². The minimum absolute atomic E-state index is 0.366. The maximum Gasteiger partial charge on any atom is 0.0495 e. The summed E-state index contributed by atoms with van der Waals surface area (Å²) in [4.78, 5) is 0. The normalized spacial score (nSPS) is 31.9. The van der Waals surface area contributed by atoms with Crippen LogP contribution < -0.4 is 5.73 Å². The molecular weight excluding hydrogens is 178 g/mol. The summed E-state index contributed by atoms with van der Waals surface area (Å²) in [6.45, 7) is 3.67. The summed E-state index contributed by atoms with van der Waals surface area (Å²) < 4.78 is 10.7. The molecule has 3 nitrogen and oxygen atoms in total. The third kappa shape index (κ3) is 2.69. The zero-order valence-electron chi connectivity index (χ0n) is 8.78. The molecule has 2 heterocycles. The van der Waals surface area contributed by atoms with Crippen LogP contribution in [0.3, 0.4) is 0 Å². The number of rotatable bonds is 3. The first-order valence-corrected chi connectivity index (χ1v) is 5.77. The van der Waals surface area contributed by atoms with Gasteiger partial charge in [-0.2, -0.15) is 0 Å². The van der Waals surface area contributed by atoms with Gasteiger partial charge in [0.1, 0.15) is 0 Å². The molecule has 2 saturated heterocycles. The van der Waals surface area contributed by atoms with Crippen LogP contribution in [0.15, 0.2) is 0 Å². The Hall–Kier alpha value is -0.120. The largest absolute Gasteiger partial charge is 0.381 e. The summed E-state index contributed by atoms with van der Waals surface area (Å²) in [5, 5.41) is 0. The predicted octanol–water partition coefficient (Wildman–Crippen LogP) is 1.17. The minimum Gasteiger partial charge on any atom is -0.381 e. The SMILES string of the molecule is NC(CC1CCOC1)C1CCOCC1. The first-order valence-electron chi connectivity index (χ1n) is 5.77. The molecule has 0 saturated carbocycles. The Bertz CT molecular complexity index is 163. The highest BCUT2D eigenvalue weighted by Gasteiger charge is 2.25. The summed E-state index contributed by atoms with van der Waals surface area (Å²) in [6.07, 6.45) is 4.64. The van der Waals surface area contributed by atoms with Crippen LogP contribution in [-0.4, -0.2) is 32.5 Å². The third-order valence-electron chi connectivity index (χ3n) is 3.50. The second-order valence-electron chi connectivity index (χ2n) is 4.58. The van der Waals surface area contributed by atoms with Crippen LogP contribution in [0.4, 0.5) is 0 Å². The van der Waals surface area contributed by atoms with Gasteiger partial charge in [0.2, 0.25) is 0 Å². The molecule has 0 bridgehead atoms. The Morgan fingerprint density at radius 1 is 1.07 bits per heavy atom. The summed E-state index contributed by atoms with van der Waals surface area (Å²) in [5.74, 6) is 1.40. The molecule has 0 aromatic rings. The van der Waals surface area contributed by atoms with Crippen LogP contribution in [0, 0.1) is 11.8 Å². The van der Waals surface area contributed by atoms with E-state index in [9.17, 15) is 0 Å². The Balaban J connectivity index is 1.72. The summed E-state index contributed by atoms with van der Waals surface area (Å²) in [7, 11) is 0. The molecule has 2 aliphatic heterocycles. The van der Waals surface area contributed by atoms with Crippen LogP contribution in [-0.2, 0) is 9.47 Å². The lowest BCUT2D eigenvalue weighted by Crippen LogP contribution is -2.36. The number of nitrogens with two attached hydrogens (primary N) is 1. The van der Waals surface area contributed by atoms with Crippen molar-refractivity contribution >= 4 is 0 Å². The summed E-state index contributed by atoms with van der Waals surface area (Å²) >= 11 is 0. The van der Waals surface area contributed by atoms with E-state index >= 15 is 0 Å². The van der Waals surface area contributed by atoms with E-state index in [4.69, 9.17) is 15.2 Å². The van der Waals surface area contributed by atoms with E-state index in [0.29, 0.717) is 17.9 Å². The molecular formula is C11H21NO2. The van der Waals surface area contributed by atoms with Crippen LogP contribution >= 0.6 is 0 Å². The van der Waals surface area contributed by atoms with E-state index in [2.05, 4.69) is 0 Å². The summed E-state index contributed by atoms with van der Waals surface area (Å²) in [6, 6.07) is 0.366. The molecule has 2 rings (SSSR count). The Morgan fingerprint density at radius 3 is 2.43 bits per heavy atom. The predicted molar refractivity (Wildman–Crippen MR) is 55.1 cm³/mol. The molecule has 3 heteroatoms. The van der Waals surface area contributed by atoms with Crippen LogP contribution in [0.5, 0.6) is 0 Å². The second kappa shape index (κ2) is 5.10. The van der Waals surface area contributed by atoms with Crippen LogP contribution in [0.25, 0.3) is 0 Å². The highest BCUT2D eigenvalue weighted by molar-refractivity contribution is 4.79. The van der Waals surface area contributed by atoms with E-state index < -0.39 is 0 Å². The monoisotopic (exact) mass is 199 g/mol. The smallest absolute Gasteiger partial charge is 0.0495 e.